The minimum absolute atomic E-state index is 0.0739. The fourth-order valence-corrected chi connectivity index (χ4v) is 2.73. The summed E-state index contributed by atoms with van der Waals surface area (Å²) in [5.41, 5.74) is 1.90. The topological polar surface area (TPSA) is 34.5 Å². The van der Waals surface area contributed by atoms with Crippen molar-refractivity contribution in [1.29, 1.82) is 0 Å². The summed E-state index contributed by atoms with van der Waals surface area (Å²) in [6.45, 7) is 1.78. The van der Waals surface area contributed by atoms with Crippen LogP contribution in [-0.2, 0) is 23.1 Å². The van der Waals surface area contributed by atoms with E-state index >= 15 is 0 Å². The number of benzene rings is 1. The first-order chi connectivity index (χ1) is 11.1. The number of methoxy groups -OCH3 is 1. The number of carbonyl (C=O) groups excluding carboxylic acids is 1. The van der Waals surface area contributed by atoms with Crippen LogP contribution < -0.4 is 0 Å². The Balaban J connectivity index is 2.11. The second-order valence-electron chi connectivity index (χ2n) is 5.49. The number of aromatic nitrogens is 1. The molecule has 0 aliphatic heterocycles. The molecule has 124 valence electrons. The van der Waals surface area contributed by atoms with Crippen LogP contribution in [0.3, 0.4) is 0 Å². The van der Waals surface area contributed by atoms with Gasteiger partial charge in [0.25, 0.3) is 0 Å². The van der Waals surface area contributed by atoms with Gasteiger partial charge in [-0.05, 0) is 24.1 Å². The summed E-state index contributed by atoms with van der Waals surface area (Å²) >= 11 is 6.41. The van der Waals surface area contributed by atoms with Gasteiger partial charge in [0.05, 0.1) is 6.54 Å². The third-order valence-corrected chi connectivity index (χ3v) is 4.24. The number of rotatable bonds is 8. The number of ether oxygens (including phenoxy) is 1. The van der Waals surface area contributed by atoms with E-state index in [2.05, 4.69) is 0 Å². The predicted octanol–water partition coefficient (Wildman–Crippen LogP) is 3.37. The zero-order valence-corrected chi connectivity index (χ0v) is 14.4. The zero-order valence-electron chi connectivity index (χ0n) is 13.6. The summed E-state index contributed by atoms with van der Waals surface area (Å²) in [4.78, 5) is 14.6. The van der Waals surface area contributed by atoms with Crippen molar-refractivity contribution in [1.82, 2.24) is 9.47 Å². The lowest BCUT2D eigenvalue weighted by atomic mass is 10.1. The van der Waals surface area contributed by atoms with Gasteiger partial charge in [-0.2, -0.15) is 0 Å². The van der Waals surface area contributed by atoms with Crippen molar-refractivity contribution in [2.75, 3.05) is 20.3 Å². The summed E-state index contributed by atoms with van der Waals surface area (Å²) < 4.78 is 7.12. The van der Waals surface area contributed by atoms with E-state index in [1.165, 1.54) is 0 Å². The first kappa shape index (κ1) is 17.6. The van der Waals surface area contributed by atoms with Crippen LogP contribution in [-0.4, -0.2) is 35.6 Å². The molecule has 0 saturated carbocycles. The second kappa shape index (κ2) is 8.75. The average Bonchev–Trinajstić information content (AvgIpc) is 2.98. The Morgan fingerprint density at radius 1 is 1.26 bits per heavy atom. The van der Waals surface area contributed by atoms with Gasteiger partial charge < -0.3 is 14.2 Å². The van der Waals surface area contributed by atoms with Crippen LogP contribution in [0.15, 0.2) is 48.7 Å². The van der Waals surface area contributed by atoms with Crippen LogP contribution in [0.5, 0.6) is 0 Å². The summed E-state index contributed by atoms with van der Waals surface area (Å²) in [6, 6.07) is 13.5. The highest BCUT2D eigenvalue weighted by Gasteiger charge is 2.24. The normalized spacial score (nSPS) is 12.1. The third kappa shape index (κ3) is 4.85. The van der Waals surface area contributed by atoms with Crippen molar-refractivity contribution in [2.45, 2.75) is 18.3 Å². The molecule has 5 heteroatoms. The molecule has 0 radical (unpaired) electrons. The summed E-state index contributed by atoms with van der Waals surface area (Å²) in [6.07, 6.45) is 2.76. The highest BCUT2D eigenvalue weighted by atomic mass is 35.5. The number of nitrogens with zero attached hydrogens (tertiary/aromatic N) is 2. The molecule has 1 aromatic carbocycles. The minimum atomic E-state index is -0.668. The molecular formula is C18H23ClN2O2. The number of alkyl halides is 1. The van der Waals surface area contributed by atoms with E-state index in [0.717, 1.165) is 17.7 Å². The third-order valence-electron chi connectivity index (χ3n) is 3.80. The van der Waals surface area contributed by atoms with Crippen LogP contribution in [0.4, 0.5) is 0 Å². The molecule has 23 heavy (non-hydrogen) atoms. The Morgan fingerprint density at radius 3 is 2.61 bits per heavy atom. The maximum atomic E-state index is 12.8. The van der Waals surface area contributed by atoms with Gasteiger partial charge in [0, 0.05) is 39.2 Å². The van der Waals surface area contributed by atoms with Crippen molar-refractivity contribution >= 4 is 17.5 Å². The maximum absolute atomic E-state index is 12.8. The number of hydrogen-bond donors (Lipinski definition) is 0. The van der Waals surface area contributed by atoms with Gasteiger partial charge in [-0.3, -0.25) is 4.79 Å². The molecule has 1 heterocycles. The van der Waals surface area contributed by atoms with Crippen LogP contribution in [0.2, 0.25) is 0 Å². The molecule has 2 aromatic rings. The number of hydrogen-bond acceptors (Lipinski definition) is 2. The first-order valence-electron chi connectivity index (χ1n) is 7.70. The molecule has 1 amide bonds. The number of amides is 1. The van der Waals surface area contributed by atoms with Crippen LogP contribution >= 0.6 is 11.6 Å². The Bertz CT molecular complexity index is 612. The fourth-order valence-electron chi connectivity index (χ4n) is 2.45. The number of aryl methyl sites for hydroxylation is 1. The van der Waals surface area contributed by atoms with Crippen LogP contribution in [0, 0.1) is 0 Å². The summed E-state index contributed by atoms with van der Waals surface area (Å²) in [5, 5.41) is -0.668. The van der Waals surface area contributed by atoms with E-state index < -0.39 is 5.38 Å². The van der Waals surface area contributed by atoms with Gasteiger partial charge >= 0.3 is 0 Å². The van der Waals surface area contributed by atoms with E-state index in [0.29, 0.717) is 19.7 Å². The molecule has 0 aliphatic rings. The lowest BCUT2D eigenvalue weighted by Crippen LogP contribution is -2.35. The Morgan fingerprint density at radius 2 is 2.00 bits per heavy atom. The largest absolute Gasteiger partial charge is 0.385 e. The first-order valence-corrected chi connectivity index (χ1v) is 8.14. The minimum Gasteiger partial charge on any atom is -0.385 e. The van der Waals surface area contributed by atoms with Gasteiger partial charge in [0.15, 0.2) is 0 Å². The van der Waals surface area contributed by atoms with Gasteiger partial charge in [-0.25, -0.2) is 0 Å². The molecule has 2 rings (SSSR count). The highest BCUT2D eigenvalue weighted by Crippen LogP contribution is 2.24. The quantitative estimate of drug-likeness (QED) is 0.548. The lowest BCUT2D eigenvalue weighted by Gasteiger charge is -2.25. The van der Waals surface area contributed by atoms with Gasteiger partial charge in [-0.1, -0.05) is 30.3 Å². The van der Waals surface area contributed by atoms with E-state index in [1.54, 1.807) is 12.0 Å². The molecule has 0 fully saturated rings. The van der Waals surface area contributed by atoms with Gasteiger partial charge in [0.2, 0.25) is 5.91 Å². The predicted molar refractivity (Wildman–Crippen MR) is 92.4 cm³/mol. The SMILES string of the molecule is COCCCN(Cc1cccn1C)C(=O)C(Cl)c1ccccc1. The van der Waals surface area contributed by atoms with Crippen molar-refractivity contribution in [3.05, 3.63) is 59.9 Å². The summed E-state index contributed by atoms with van der Waals surface area (Å²) in [5.74, 6) is -0.0739. The Hall–Kier alpha value is -1.78. The van der Waals surface area contributed by atoms with Crippen LogP contribution in [0.25, 0.3) is 0 Å². The highest BCUT2D eigenvalue weighted by molar-refractivity contribution is 6.30. The van der Waals surface area contributed by atoms with Crippen molar-refractivity contribution in [3.8, 4) is 0 Å². The second-order valence-corrected chi connectivity index (χ2v) is 5.93. The molecule has 1 aromatic heterocycles. The summed E-state index contributed by atoms with van der Waals surface area (Å²) in [7, 11) is 3.64. The molecular weight excluding hydrogens is 312 g/mol. The number of halogens is 1. The van der Waals surface area contributed by atoms with E-state index in [4.69, 9.17) is 16.3 Å². The monoisotopic (exact) mass is 334 g/mol. The molecule has 0 saturated heterocycles. The smallest absolute Gasteiger partial charge is 0.245 e. The molecule has 0 spiro atoms. The standard InChI is InChI=1S/C18H23ClN2O2/c1-20-11-6-10-16(20)14-21(12-7-13-23-2)18(22)17(19)15-8-4-3-5-9-15/h3-6,8-11,17H,7,12-14H2,1-2H3. The fraction of sp³-hybridized carbons (Fsp3) is 0.389. The van der Waals surface area contributed by atoms with Gasteiger partial charge in [0.1, 0.15) is 5.38 Å². The molecule has 1 unspecified atom stereocenters. The maximum Gasteiger partial charge on any atom is 0.245 e. The Labute approximate surface area is 142 Å². The van der Waals surface area contributed by atoms with Crippen molar-refractivity contribution < 1.29 is 9.53 Å². The van der Waals surface area contributed by atoms with Crippen molar-refractivity contribution in [2.24, 2.45) is 7.05 Å². The molecule has 0 bridgehead atoms. The average molecular weight is 335 g/mol. The van der Waals surface area contributed by atoms with E-state index in [9.17, 15) is 4.79 Å². The molecule has 0 N–H and O–H groups in total. The van der Waals surface area contributed by atoms with E-state index in [1.807, 2.05) is 60.3 Å². The zero-order chi connectivity index (χ0) is 16.7. The molecule has 1 atom stereocenters. The molecule has 4 nitrogen and oxygen atoms in total. The molecule has 0 aliphatic carbocycles. The van der Waals surface area contributed by atoms with Crippen molar-refractivity contribution in [3.63, 3.8) is 0 Å². The lowest BCUT2D eigenvalue weighted by molar-refractivity contribution is -0.131. The number of carbonyl (C=O) groups is 1. The van der Waals surface area contributed by atoms with E-state index in [-0.39, 0.29) is 5.91 Å². The van der Waals surface area contributed by atoms with Gasteiger partial charge in [-0.15, -0.1) is 11.6 Å². The Kier molecular flexibility index (Phi) is 6.68. The van der Waals surface area contributed by atoms with Crippen LogP contribution in [0.1, 0.15) is 23.1 Å².